The molecule has 0 radical (unpaired) electrons. The summed E-state index contributed by atoms with van der Waals surface area (Å²) in [4.78, 5) is 26.1. The second-order valence-electron chi connectivity index (χ2n) is 3.52. The molecule has 0 fully saturated rings. The zero-order valence-electron chi connectivity index (χ0n) is 9.55. The van der Waals surface area contributed by atoms with Gasteiger partial charge in [0.2, 0.25) is 5.88 Å². The van der Waals surface area contributed by atoms with E-state index in [1.807, 2.05) is 0 Å². The first-order valence-electron chi connectivity index (χ1n) is 4.92. The van der Waals surface area contributed by atoms with Gasteiger partial charge in [0.1, 0.15) is 0 Å². The van der Waals surface area contributed by atoms with Gasteiger partial charge in [0.15, 0.2) is 10.7 Å². The average molecular weight is 267 g/mol. The van der Waals surface area contributed by atoms with Crippen molar-refractivity contribution in [2.24, 2.45) is 0 Å². The van der Waals surface area contributed by atoms with Crippen LogP contribution in [0.3, 0.4) is 0 Å². The van der Waals surface area contributed by atoms with Crippen LogP contribution in [-0.4, -0.2) is 27.1 Å². The molecule has 2 N–H and O–H groups in total. The van der Waals surface area contributed by atoms with Gasteiger partial charge in [0.25, 0.3) is 5.91 Å². The summed E-state index contributed by atoms with van der Waals surface area (Å²) in [7, 11) is 0. The molecule has 0 aliphatic rings. The maximum atomic E-state index is 11.8. The first-order valence-corrected chi connectivity index (χ1v) is 5.80. The summed E-state index contributed by atoms with van der Waals surface area (Å²) < 4.78 is 4.92. The van der Waals surface area contributed by atoms with Crippen molar-refractivity contribution in [3.63, 3.8) is 0 Å². The molecule has 2 aromatic heterocycles. The van der Waals surface area contributed by atoms with Gasteiger partial charge in [0.05, 0.1) is 5.69 Å². The van der Waals surface area contributed by atoms with Gasteiger partial charge in [-0.25, -0.2) is 9.78 Å². The maximum Gasteiger partial charge on any atom is 0.355 e. The lowest BCUT2D eigenvalue weighted by Gasteiger charge is -1.98. The third-order valence-electron chi connectivity index (χ3n) is 2.30. The van der Waals surface area contributed by atoms with Crippen LogP contribution >= 0.6 is 11.3 Å². The number of rotatable bonds is 3. The average Bonchev–Trinajstić information content (AvgIpc) is 2.91. The number of carbonyl (C=O) groups is 2. The molecule has 7 nitrogen and oxygen atoms in total. The van der Waals surface area contributed by atoms with Crippen molar-refractivity contribution in [1.82, 2.24) is 10.1 Å². The molecule has 94 valence electrons. The highest BCUT2D eigenvalue weighted by Crippen LogP contribution is 2.19. The predicted octanol–water partition coefficient (Wildman–Crippen LogP) is 1.70. The first-order chi connectivity index (χ1) is 8.49. The standard InChI is InChI=1S/C10H9N3O4S/c1-4-5(2)13-17-8(4)12-7(14)9-11-6(3-18-9)10(15)16/h3H,1-2H3,(H,12,14)(H,15,16). The normalized spacial score (nSPS) is 10.3. The number of carboxylic acids is 1. The van der Waals surface area contributed by atoms with E-state index < -0.39 is 11.9 Å². The summed E-state index contributed by atoms with van der Waals surface area (Å²) in [6, 6.07) is 0. The number of carboxylic acid groups (broad SMARTS) is 1. The summed E-state index contributed by atoms with van der Waals surface area (Å²) in [5.41, 5.74) is 1.24. The molecule has 1 amide bonds. The minimum atomic E-state index is -1.17. The molecule has 0 saturated carbocycles. The Kier molecular flexibility index (Phi) is 3.11. The van der Waals surface area contributed by atoms with Crippen molar-refractivity contribution in [3.05, 3.63) is 27.3 Å². The Balaban J connectivity index is 2.17. The molecule has 0 aliphatic carbocycles. The molecule has 0 atom stereocenters. The van der Waals surface area contributed by atoms with Crippen LogP contribution in [0.15, 0.2) is 9.90 Å². The topological polar surface area (TPSA) is 105 Å². The number of aromatic nitrogens is 2. The lowest BCUT2D eigenvalue weighted by molar-refractivity contribution is 0.0691. The zero-order chi connectivity index (χ0) is 13.3. The molecular formula is C10H9N3O4S. The van der Waals surface area contributed by atoms with E-state index >= 15 is 0 Å². The molecule has 0 unspecified atom stereocenters. The van der Waals surface area contributed by atoms with Crippen LogP contribution < -0.4 is 5.32 Å². The highest BCUT2D eigenvalue weighted by molar-refractivity contribution is 7.12. The van der Waals surface area contributed by atoms with E-state index in [0.717, 1.165) is 16.9 Å². The molecule has 0 aliphatic heterocycles. The van der Waals surface area contributed by atoms with Gasteiger partial charge < -0.3 is 9.63 Å². The van der Waals surface area contributed by atoms with Gasteiger partial charge in [-0.05, 0) is 13.8 Å². The molecule has 18 heavy (non-hydrogen) atoms. The van der Waals surface area contributed by atoms with Crippen LogP contribution in [0.5, 0.6) is 0 Å². The Morgan fingerprint density at radius 2 is 2.17 bits per heavy atom. The van der Waals surface area contributed by atoms with E-state index in [2.05, 4.69) is 15.5 Å². The Morgan fingerprint density at radius 1 is 1.44 bits per heavy atom. The number of aromatic carboxylic acids is 1. The fourth-order valence-electron chi connectivity index (χ4n) is 1.16. The molecule has 2 aromatic rings. The largest absolute Gasteiger partial charge is 0.476 e. The maximum absolute atomic E-state index is 11.8. The van der Waals surface area contributed by atoms with E-state index in [1.54, 1.807) is 13.8 Å². The van der Waals surface area contributed by atoms with Crippen LogP contribution in [0.4, 0.5) is 5.88 Å². The highest BCUT2D eigenvalue weighted by Gasteiger charge is 2.17. The Morgan fingerprint density at radius 3 is 2.67 bits per heavy atom. The molecular weight excluding hydrogens is 258 g/mol. The summed E-state index contributed by atoms with van der Waals surface area (Å²) in [6.45, 7) is 3.51. The molecule has 0 bridgehead atoms. The lowest BCUT2D eigenvalue weighted by atomic mass is 10.3. The number of hydrogen-bond donors (Lipinski definition) is 2. The Bertz CT molecular complexity index is 616. The molecule has 0 spiro atoms. The summed E-state index contributed by atoms with van der Waals surface area (Å²) in [6.07, 6.45) is 0. The van der Waals surface area contributed by atoms with Gasteiger partial charge in [-0.15, -0.1) is 11.3 Å². The van der Waals surface area contributed by atoms with Gasteiger partial charge in [-0.1, -0.05) is 5.16 Å². The predicted molar refractivity (Wildman–Crippen MR) is 63.0 cm³/mol. The molecule has 2 heterocycles. The zero-order valence-corrected chi connectivity index (χ0v) is 10.4. The summed E-state index contributed by atoms with van der Waals surface area (Å²) >= 11 is 0.952. The van der Waals surface area contributed by atoms with Crippen molar-refractivity contribution >= 4 is 29.1 Å². The van der Waals surface area contributed by atoms with E-state index in [1.165, 1.54) is 5.38 Å². The Labute approximate surface area is 105 Å². The first kappa shape index (κ1) is 12.2. The molecule has 2 rings (SSSR count). The Hall–Kier alpha value is -2.22. The number of carbonyl (C=O) groups excluding carboxylic acids is 1. The van der Waals surface area contributed by atoms with Gasteiger partial charge in [-0.3, -0.25) is 10.1 Å². The highest BCUT2D eigenvalue weighted by atomic mass is 32.1. The van der Waals surface area contributed by atoms with Crippen LogP contribution in [0.25, 0.3) is 0 Å². The van der Waals surface area contributed by atoms with Crippen LogP contribution in [0, 0.1) is 13.8 Å². The van der Waals surface area contributed by atoms with E-state index in [9.17, 15) is 9.59 Å². The van der Waals surface area contributed by atoms with E-state index in [-0.39, 0.29) is 16.6 Å². The molecule has 0 aromatic carbocycles. The molecule has 8 heteroatoms. The second kappa shape index (κ2) is 4.57. The third-order valence-corrected chi connectivity index (χ3v) is 3.14. The number of hydrogen-bond acceptors (Lipinski definition) is 6. The van der Waals surface area contributed by atoms with Gasteiger partial charge in [-0.2, -0.15) is 0 Å². The minimum Gasteiger partial charge on any atom is -0.476 e. The van der Waals surface area contributed by atoms with Crippen LogP contribution in [0.2, 0.25) is 0 Å². The monoisotopic (exact) mass is 267 g/mol. The summed E-state index contributed by atoms with van der Waals surface area (Å²) in [5, 5.41) is 16.2. The van der Waals surface area contributed by atoms with E-state index in [4.69, 9.17) is 9.63 Å². The van der Waals surface area contributed by atoms with Gasteiger partial charge >= 0.3 is 5.97 Å². The number of aryl methyl sites for hydroxylation is 1. The number of thiazole rings is 1. The van der Waals surface area contributed by atoms with Crippen LogP contribution in [0.1, 0.15) is 31.5 Å². The second-order valence-corrected chi connectivity index (χ2v) is 4.38. The van der Waals surface area contributed by atoms with E-state index in [0.29, 0.717) is 5.69 Å². The van der Waals surface area contributed by atoms with Crippen molar-refractivity contribution in [3.8, 4) is 0 Å². The van der Waals surface area contributed by atoms with Crippen molar-refractivity contribution in [1.29, 1.82) is 0 Å². The number of nitrogens with zero attached hydrogens (tertiary/aromatic N) is 2. The fraction of sp³-hybridized carbons (Fsp3) is 0.200. The SMILES string of the molecule is Cc1noc(NC(=O)c2nc(C(=O)O)cs2)c1C. The minimum absolute atomic E-state index is 0.0563. The lowest BCUT2D eigenvalue weighted by Crippen LogP contribution is -2.12. The van der Waals surface area contributed by atoms with Crippen molar-refractivity contribution < 1.29 is 19.2 Å². The van der Waals surface area contributed by atoms with Gasteiger partial charge in [0, 0.05) is 10.9 Å². The third kappa shape index (κ3) is 2.23. The fourth-order valence-corrected chi connectivity index (χ4v) is 1.85. The number of anilines is 1. The number of amides is 1. The number of nitrogens with one attached hydrogen (secondary N) is 1. The quantitative estimate of drug-likeness (QED) is 0.876. The van der Waals surface area contributed by atoms with Crippen molar-refractivity contribution in [2.45, 2.75) is 13.8 Å². The van der Waals surface area contributed by atoms with Crippen molar-refractivity contribution in [2.75, 3.05) is 5.32 Å². The smallest absolute Gasteiger partial charge is 0.355 e. The summed E-state index contributed by atoms with van der Waals surface area (Å²) in [5.74, 6) is -1.45. The van der Waals surface area contributed by atoms with Crippen LogP contribution in [-0.2, 0) is 0 Å². The molecule has 0 saturated heterocycles.